The summed E-state index contributed by atoms with van der Waals surface area (Å²) < 4.78 is 25.1. The fourth-order valence-corrected chi connectivity index (χ4v) is 18.0. The summed E-state index contributed by atoms with van der Waals surface area (Å²) in [5.41, 5.74) is 34.5. The van der Waals surface area contributed by atoms with Gasteiger partial charge >= 0.3 is 0 Å². The van der Waals surface area contributed by atoms with Crippen molar-refractivity contribution in [3.05, 3.63) is 461 Å². The normalized spacial score (nSPS) is 11.5. The second kappa shape index (κ2) is 31.0. The van der Waals surface area contributed by atoms with Crippen LogP contribution in [0, 0.1) is 0 Å². The third-order valence-electron chi connectivity index (χ3n) is 24.4. The lowest BCUT2D eigenvalue weighted by Gasteiger charge is -2.26. The summed E-state index contributed by atoms with van der Waals surface area (Å²) in [7, 11) is 0. The second-order valence-electron chi connectivity index (χ2n) is 31.8. The molecular formula is C118H76N2O4. The Hall–Kier alpha value is -16.5. The van der Waals surface area contributed by atoms with Crippen LogP contribution in [-0.4, -0.2) is 0 Å². The summed E-state index contributed by atoms with van der Waals surface area (Å²) in [6, 6.07) is 164. The van der Waals surface area contributed by atoms with E-state index in [-0.39, 0.29) is 0 Å². The first-order valence-electron chi connectivity index (χ1n) is 42.1. The van der Waals surface area contributed by atoms with Gasteiger partial charge in [0.2, 0.25) is 0 Å². The standard InChI is InChI=1S/C60H39NO2.C58H37NO2/c1-2-9-40(10-3-1)41-17-19-42(20-18-41)43-21-23-44(24-22-43)45-25-32-49(33-26-45)61(50-34-27-46(28-35-50)48-31-38-59-56(39-48)54-12-5-6-15-57(54)62-59)51-36-29-47(30-37-51)52-13-8-14-55-53-11-4-7-16-58(53)63-60(52)55;1-2-9-44-36-45(21-20-38(44)8-1)41-18-16-39(17-19-41)40-22-29-47(30-23-40)59(48-31-24-42(25-32-48)46-28-35-57-54(37-46)52-11-4-5-14-55(52)60-57)49-33-26-43(27-34-49)50-12-7-13-53-51-10-3-6-15-56(51)61-58(50)53/h1-39H;1-37H. The van der Waals surface area contributed by atoms with Crippen molar-refractivity contribution >= 4 is 133 Å². The maximum absolute atomic E-state index is 6.42. The van der Waals surface area contributed by atoms with Gasteiger partial charge in [0, 0.05) is 88.3 Å². The van der Waals surface area contributed by atoms with Gasteiger partial charge in [-0.1, -0.05) is 334 Å². The summed E-state index contributed by atoms with van der Waals surface area (Å²) in [5.74, 6) is 0. The quantitative estimate of drug-likeness (QED) is 0.102. The lowest BCUT2D eigenvalue weighted by atomic mass is 9.98. The molecule has 6 heteroatoms. The van der Waals surface area contributed by atoms with Gasteiger partial charge in [0.15, 0.2) is 0 Å². The Labute approximate surface area is 716 Å². The van der Waals surface area contributed by atoms with Crippen molar-refractivity contribution in [3.63, 3.8) is 0 Å². The van der Waals surface area contributed by atoms with E-state index in [0.29, 0.717) is 0 Å². The van der Waals surface area contributed by atoms with Gasteiger partial charge in [0.25, 0.3) is 0 Å². The molecule has 24 rings (SSSR count). The van der Waals surface area contributed by atoms with Crippen LogP contribution in [0.25, 0.3) is 199 Å². The zero-order valence-corrected chi connectivity index (χ0v) is 67.4. The van der Waals surface area contributed by atoms with Crippen molar-refractivity contribution in [3.8, 4) is 100 Å². The molecule has 124 heavy (non-hydrogen) atoms. The molecule has 0 aliphatic heterocycles. The molecule has 4 aromatic heterocycles. The topological polar surface area (TPSA) is 59.0 Å². The molecule has 0 N–H and O–H groups in total. The summed E-state index contributed by atoms with van der Waals surface area (Å²) >= 11 is 0. The molecule has 0 saturated carbocycles. The number of hydrogen-bond donors (Lipinski definition) is 0. The predicted molar refractivity (Wildman–Crippen MR) is 518 cm³/mol. The minimum atomic E-state index is 0.899. The molecule has 0 aliphatic rings. The Kier molecular flexibility index (Phi) is 18.2. The summed E-state index contributed by atoms with van der Waals surface area (Å²) in [4.78, 5) is 4.66. The first-order chi connectivity index (χ1) is 61.4. The number of fused-ring (bicyclic) bond motifs is 13. The average Bonchev–Trinajstić information content (AvgIpc) is 1.74. The number of nitrogens with zero attached hydrogens (tertiary/aromatic N) is 2. The van der Waals surface area contributed by atoms with Gasteiger partial charge in [-0.2, -0.15) is 0 Å². The number of furan rings is 4. The minimum absolute atomic E-state index is 0.899. The molecule has 582 valence electrons. The Morgan fingerprint density at radius 2 is 0.363 bits per heavy atom. The van der Waals surface area contributed by atoms with E-state index in [1.807, 2.05) is 48.5 Å². The van der Waals surface area contributed by atoms with E-state index in [2.05, 4.69) is 422 Å². The van der Waals surface area contributed by atoms with Gasteiger partial charge < -0.3 is 27.5 Å². The van der Waals surface area contributed by atoms with Gasteiger partial charge in [-0.25, -0.2) is 0 Å². The highest BCUT2D eigenvalue weighted by molar-refractivity contribution is 6.12. The number of para-hydroxylation sites is 6. The molecule has 4 heterocycles. The lowest BCUT2D eigenvalue weighted by molar-refractivity contribution is 0.668. The van der Waals surface area contributed by atoms with E-state index in [4.69, 9.17) is 17.7 Å². The monoisotopic (exact) mass is 1580 g/mol. The molecule has 0 saturated heterocycles. The second-order valence-corrected chi connectivity index (χ2v) is 31.8. The van der Waals surface area contributed by atoms with Crippen LogP contribution < -0.4 is 9.80 Å². The van der Waals surface area contributed by atoms with Crippen LogP contribution in [0.15, 0.2) is 479 Å². The third kappa shape index (κ3) is 13.5. The largest absolute Gasteiger partial charge is 0.456 e. The van der Waals surface area contributed by atoms with Crippen LogP contribution in [0.1, 0.15) is 0 Å². The summed E-state index contributed by atoms with van der Waals surface area (Å²) in [6.45, 7) is 0. The molecule has 0 radical (unpaired) electrons. The molecule has 0 aliphatic carbocycles. The molecule has 0 unspecified atom stereocenters. The minimum Gasteiger partial charge on any atom is -0.456 e. The summed E-state index contributed by atoms with van der Waals surface area (Å²) in [5, 5.41) is 11.5. The molecule has 20 aromatic carbocycles. The third-order valence-corrected chi connectivity index (χ3v) is 24.4. The maximum Gasteiger partial charge on any atom is 0.143 e. The summed E-state index contributed by atoms with van der Waals surface area (Å²) in [6.07, 6.45) is 0. The van der Waals surface area contributed by atoms with E-state index in [0.717, 1.165) is 172 Å². The van der Waals surface area contributed by atoms with Crippen LogP contribution in [-0.2, 0) is 0 Å². The van der Waals surface area contributed by atoms with Gasteiger partial charge in [0.1, 0.15) is 44.7 Å². The van der Waals surface area contributed by atoms with E-state index < -0.39 is 0 Å². The Balaban J connectivity index is 0.000000143. The van der Waals surface area contributed by atoms with Crippen molar-refractivity contribution in [2.75, 3.05) is 9.80 Å². The van der Waals surface area contributed by atoms with E-state index in [9.17, 15) is 0 Å². The fourth-order valence-electron chi connectivity index (χ4n) is 18.0. The lowest BCUT2D eigenvalue weighted by Crippen LogP contribution is -2.09. The molecular weight excluding hydrogens is 1510 g/mol. The highest BCUT2D eigenvalue weighted by Gasteiger charge is 2.21. The van der Waals surface area contributed by atoms with Crippen LogP contribution in [0.2, 0.25) is 0 Å². The highest BCUT2D eigenvalue weighted by atomic mass is 16.3. The number of anilines is 6. The molecule has 24 aromatic rings. The van der Waals surface area contributed by atoms with Crippen LogP contribution in [0.5, 0.6) is 0 Å². The first kappa shape index (κ1) is 72.7. The van der Waals surface area contributed by atoms with Crippen molar-refractivity contribution in [2.24, 2.45) is 0 Å². The van der Waals surface area contributed by atoms with Crippen molar-refractivity contribution < 1.29 is 17.7 Å². The Morgan fingerprint density at radius 3 is 0.718 bits per heavy atom. The smallest absolute Gasteiger partial charge is 0.143 e. The van der Waals surface area contributed by atoms with Gasteiger partial charge in [-0.05, 0) is 227 Å². The zero-order chi connectivity index (χ0) is 82.0. The van der Waals surface area contributed by atoms with E-state index in [1.54, 1.807) is 0 Å². The predicted octanol–water partition coefficient (Wildman–Crippen LogP) is 34.1. The van der Waals surface area contributed by atoms with Crippen LogP contribution in [0.3, 0.4) is 0 Å². The van der Waals surface area contributed by atoms with Crippen molar-refractivity contribution in [1.29, 1.82) is 0 Å². The van der Waals surface area contributed by atoms with E-state index >= 15 is 0 Å². The van der Waals surface area contributed by atoms with Crippen LogP contribution >= 0.6 is 0 Å². The molecule has 0 atom stereocenters. The molecule has 6 nitrogen and oxygen atoms in total. The van der Waals surface area contributed by atoms with Gasteiger partial charge in [0.05, 0.1) is 0 Å². The number of benzene rings is 20. The highest BCUT2D eigenvalue weighted by Crippen LogP contribution is 2.46. The molecule has 0 spiro atoms. The Bertz CT molecular complexity index is 8090. The average molecular weight is 1590 g/mol. The fraction of sp³-hybridized carbons (Fsp3) is 0. The first-order valence-corrected chi connectivity index (χ1v) is 42.1. The molecule has 0 amide bonds. The molecule has 0 fully saturated rings. The van der Waals surface area contributed by atoms with E-state index in [1.165, 1.54) is 60.8 Å². The molecule has 0 bridgehead atoms. The maximum atomic E-state index is 6.42. The van der Waals surface area contributed by atoms with Gasteiger partial charge in [-0.3, -0.25) is 0 Å². The van der Waals surface area contributed by atoms with Crippen molar-refractivity contribution in [2.45, 2.75) is 0 Å². The van der Waals surface area contributed by atoms with Gasteiger partial charge in [-0.15, -0.1) is 0 Å². The van der Waals surface area contributed by atoms with Crippen molar-refractivity contribution in [1.82, 2.24) is 0 Å². The zero-order valence-electron chi connectivity index (χ0n) is 67.4. The number of rotatable bonds is 15. The van der Waals surface area contributed by atoms with Crippen LogP contribution in [0.4, 0.5) is 34.1 Å². The number of hydrogen-bond acceptors (Lipinski definition) is 6. The SMILES string of the molecule is c1ccc(-c2ccc(-c3ccc(-c4ccc(N(c5ccc(-c6ccc7oc8ccccc8c7c6)cc5)c5ccc(-c6cccc7c6oc6ccccc67)cc5)cc4)cc3)cc2)cc1.c1ccc2cc(-c3ccc(-c4ccc(N(c5ccc(-c6ccc7oc8ccccc8c7c6)cc5)c5ccc(-c6cccc7c6oc6ccccc67)cc5)cc4)cc3)ccc2c1. The Morgan fingerprint density at radius 1 is 0.129 bits per heavy atom.